The van der Waals surface area contributed by atoms with E-state index in [0.29, 0.717) is 0 Å². The normalized spacial score (nSPS) is 14.1. The lowest BCUT2D eigenvalue weighted by molar-refractivity contribution is 0.373. The Kier molecular flexibility index (Phi) is 3.95. The van der Waals surface area contributed by atoms with Crippen LogP contribution in [0.1, 0.15) is 0 Å². The minimum Gasteiger partial charge on any atom is -0.346 e. The third-order valence-electron chi connectivity index (χ3n) is 4.98. The highest BCUT2D eigenvalue weighted by Gasteiger charge is 2.19. The number of benzene rings is 1. The fourth-order valence-corrected chi connectivity index (χ4v) is 3.68. The van der Waals surface area contributed by atoms with Gasteiger partial charge >= 0.3 is 0 Å². The first-order chi connectivity index (χ1) is 13.7. The molecule has 0 aliphatic carbocycles. The largest absolute Gasteiger partial charge is 0.346 e. The minimum absolute atomic E-state index is 0.258. The Bertz CT molecular complexity index is 1170. The van der Waals surface area contributed by atoms with Crippen molar-refractivity contribution >= 4 is 11.0 Å². The molecule has 1 aromatic carbocycles. The van der Waals surface area contributed by atoms with Gasteiger partial charge in [-0.3, -0.25) is 0 Å². The van der Waals surface area contributed by atoms with E-state index in [2.05, 4.69) is 26.2 Å². The number of halogens is 1. The molecule has 0 saturated heterocycles. The lowest BCUT2D eigenvalue weighted by Crippen LogP contribution is -2.24. The van der Waals surface area contributed by atoms with Gasteiger partial charge in [0.05, 0.1) is 17.7 Å². The number of nitrogens with zero attached hydrogens (tertiary/aromatic N) is 4. The van der Waals surface area contributed by atoms with Gasteiger partial charge in [0.15, 0.2) is 0 Å². The molecule has 1 aliphatic rings. The first kappa shape index (κ1) is 16.7. The molecule has 140 valence electrons. The van der Waals surface area contributed by atoms with E-state index < -0.39 is 0 Å². The van der Waals surface area contributed by atoms with E-state index >= 15 is 0 Å². The van der Waals surface area contributed by atoms with Gasteiger partial charge in [-0.05, 0) is 42.0 Å². The second-order valence-electron chi connectivity index (χ2n) is 6.91. The number of fused-ring (bicyclic) bond motifs is 1. The SMILES string of the molecule is CN1C=C(Cn2cnc(-c3ccc(F)cc3)c2-c2ccnc3[nH]ccc23)CN1. The predicted octanol–water partition coefficient (Wildman–Crippen LogP) is 3.57. The van der Waals surface area contributed by atoms with Crippen LogP contribution in [0.3, 0.4) is 0 Å². The van der Waals surface area contributed by atoms with Crippen molar-refractivity contribution in [3.8, 4) is 22.5 Å². The molecule has 0 unspecified atom stereocenters. The summed E-state index contributed by atoms with van der Waals surface area (Å²) in [6.45, 7) is 1.52. The minimum atomic E-state index is -0.258. The van der Waals surface area contributed by atoms with Crippen LogP contribution in [-0.4, -0.2) is 38.1 Å². The zero-order chi connectivity index (χ0) is 19.1. The number of pyridine rings is 1. The first-order valence-corrected chi connectivity index (χ1v) is 9.08. The number of H-pyrrole nitrogens is 1. The lowest BCUT2D eigenvalue weighted by Gasteiger charge is -2.12. The second-order valence-corrected chi connectivity index (χ2v) is 6.91. The fourth-order valence-electron chi connectivity index (χ4n) is 3.68. The van der Waals surface area contributed by atoms with Crippen LogP contribution in [0.4, 0.5) is 4.39 Å². The summed E-state index contributed by atoms with van der Waals surface area (Å²) in [6, 6.07) is 10.5. The average molecular weight is 374 g/mol. The molecule has 4 heterocycles. The van der Waals surface area contributed by atoms with Crippen molar-refractivity contribution in [2.45, 2.75) is 6.54 Å². The Labute approximate surface area is 161 Å². The average Bonchev–Trinajstić information content (AvgIpc) is 3.42. The van der Waals surface area contributed by atoms with Crippen LogP contribution in [0, 0.1) is 5.82 Å². The maximum absolute atomic E-state index is 13.4. The van der Waals surface area contributed by atoms with Crippen molar-refractivity contribution in [3.05, 3.63) is 72.7 Å². The predicted molar refractivity (Wildman–Crippen MR) is 107 cm³/mol. The van der Waals surface area contributed by atoms with Gasteiger partial charge in [0.2, 0.25) is 0 Å². The van der Waals surface area contributed by atoms with Gasteiger partial charge in [-0.1, -0.05) is 0 Å². The number of hydrogen-bond acceptors (Lipinski definition) is 4. The van der Waals surface area contributed by atoms with Gasteiger partial charge in [0.25, 0.3) is 0 Å². The molecule has 0 atom stereocenters. The van der Waals surface area contributed by atoms with Crippen molar-refractivity contribution in [2.24, 2.45) is 0 Å². The Morgan fingerprint density at radius 1 is 1.11 bits per heavy atom. The quantitative estimate of drug-likeness (QED) is 0.573. The maximum atomic E-state index is 13.4. The van der Waals surface area contributed by atoms with Gasteiger partial charge < -0.3 is 14.6 Å². The summed E-state index contributed by atoms with van der Waals surface area (Å²) in [6.07, 6.45) is 7.63. The standard InChI is InChI=1S/C21H19FN6/c1-27-11-14(10-26-27)12-28-13-25-19(15-2-4-16(22)5-3-15)20(28)17-6-8-23-21-18(17)7-9-24-21/h2-9,11,13,26H,10,12H2,1H3,(H,23,24). The van der Waals surface area contributed by atoms with Crippen LogP contribution >= 0.6 is 0 Å². The fraction of sp³-hybridized carbons (Fsp3) is 0.143. The lowest BCUT2D eigenvalue weighted by atomic mass is 10.0. The zero-order valence-electron chi connectivity index (χ0n) is 15.4. The van der Waals surface area contributed by atoms with Crippen LogP contribution in [0.25, 0.3) is 33.5 Å². The number of imidazole rings is 1. The van der Waals surface area contributed by atoms with Crippen LogP contribution < -0.4 is 5.43 Å². The van der Waals surface area contributed by atoms with Crippen LogP contribution in [0.2, 0.25) is 0 Å². The number of rotatable bonds is 4. The molecule has 0 spiro atoms. The zero-order valence-corrected chi connectivity index (χ0v) is 15.4. The van der Waals surface area contributed by atoms with Crippen LogP contribution in [-0.2, 0) is 6.54 Å². The van der Waals surface area contributed by atoms with E-state index in [1.54, 1.807) is 18.3 Å². The molecular weight excluding hydrogens is 355 g/mol. The smallest absolute Gasteiger partial charge is 0.137 e. The van der Waals surface area contributed by atoms with Gasteiger partial charge in [-0.25, -0.2) is 19.8 Å². The molecule has 2 N–H and O–H groups in total. The van der Waals surface area contributed by atoms with Crippen molar-refractivity contribution in [1.29, 1.82) is 0 Å². The Morgan fingerprint density at radius 2 is 1.96 bits per heavy atom. The highest BCUT2D eigenvalue weighted by molar-refractivity contribution is 5.95. The number of nitrogens with one attached hydrogen (secondary N) is 2. The number of aromatic amines is 1. The molecule has 0 bridgehead atoms. The molecule has 4 aromatic rings. The van der Waals surface area contributed by atoms with E-state index in [4.69, 9.17) is 4.98 Å². The Morgan fingerprint density at radius 3 is 2.75 bits per heavy atom. The second kappa shape index (κ2) is 6.61. The summed E-state index contributed by atoms with van der Waals surface area (Å²) in [5, 5.41) is 2.99. The molecule has 0 radical (unpaired) electrons. The van der Waals surface area contributed by atoms with Gasteiger partial charge in [0, 0.05) is 55.2 Å². The molecule has 0 amide bonds. The highest BCUT2D eigenvalue weighted by atomic mass is 19.1. The molecular formula is C21H19FN6. The Hall–Kier alpha value is -3.45. The monoisotopic (exact) mass is 374 g/mol. The van der Waals surface area contributed by atoms with E-state index in [0.717, 1.165) is 46.6 Å². The highest BCUT2D eigenvalue weighted by Crippen LogP contribution is 2.35. The molecule has 28 heavy (non-hydrogen) atoms. The topological polar surface area (TPSA) is 61.8 Å². The van der Waals surface area contributed by atoms with Gasteiger partial charge in [0.1, 0.15) is 11.5 Å². The molecule has 6 nitrogen and oxygen atoms in total. The van der Waals surface area contributed by atoms with Crippen LogP contribution in [0.15, 0.2) is 66.9 Å². The summed E-state index contributed by atoms with van der Waals surface area (Å²) in [5.74, 6) is -0.258. The molecule has 7 heteroatoms. The van der Waals surface area contributed by atoms with Gasteiger partial charge in [-0.15, -0.1) is 0 Å². The summed E-state index contributed by atoms with van der Waals surface area (Å²) in [4.78, 5) is 12.3. The molecule has 5 rings (SSSR count). The third-order valence-corrected chi connectivity index (χ3v) is 4.98. The third kappa shape index (κ3) is 2.86. The molecule has 0 fully saturated rings. The maximum Gasteiger partial charge on any atom is 0.137 e. The first-order valence-electron chi connectivity index (χ1n) is 9.08. The van der Waals surface area contributed by atoms with E-state index in [1.165, 1.54) is 17.7 Å². The van der Waals surface area contributed by atoms with Crippen molar-refractivity contribution < 1.29 is 4.39 Å². The number of hydrogen-bond donors (Lipinski definition) is 2. The summed E-state index contributed by atoms with van der Waals surface area (Å²) in [5.41, 5.74) is 9.10. The Balaban J connectivity index is 1.69. The van der Waals surface area contributed by atoms with E-state index in [1.807, 2.05) is 36.7 Å². The summed E-state index contributed by atoms with van der Waals surface area (Å²) in [7, 11) is 1.98. The number of aromatic nitrogens is 4. The van der Waals surface area contributed by atoms with Crippen molar-refractivity contribution in [3.63, 3.8) is 0 Å². The summed E-state index contributed by atoms with van der Waals surface area (Å²) >= 11 is 0. The van der Waals surface area contributed by atoms with Crippen molar-refractivity contribution in [2.75, 3.05) is 13.6 Å². The van der Waals surface area contributed by atoms with Gasteiger partial charge in [-0.2, -0.15) is 0 Å². The summed E-state index contributed by atoms with van der Waals surface area (Å²) < 4.78 is 15.6. The number of hydrazine groups is 1. The molecule has 0 saturated carbocycles. The van der Waals surface area contributed by atoms with E-state index in [-0.39, 0.29) is 5.82 Å². The molecule has 1 aliphatic heterocycles. The molecule has 3 aromatic heterocycles. The van der Waals surface area contributed by atoms with Crippen molar-refractivity contribution in [1.82, 2.24) is 30.0 Å². The van der Waals surface area contributed by atoms with E-state index in [9.17, 15) is 4.39 Å². The van der Waals surface area contributed by atoms with Crippen LogP contribution in [0.5, 0.6) is 0 Å².